The van der Waals surface area contributed by atoms with Crippen LogP contribution in [0.4, 0.5) is 5.82 Å². The van der Waals surface area contributed by atoms with Gasteiger partial charge >= 0.3 is 0 Å². The van der Waals surface area contributed by atoms with Gasteiger partial charge in [0, 0.05) is 19.7 Å². The Kier molecular flexibility index (Phi) is 2.38. The molecule has 0 saturated heterocycles. The molecule has 2 unspecified atom stereocenters. The second kappa shape index (κ2) is 3.56. The number of carbonyl (C=O) groups excluding carboxylic acids is 1. The number of hydrogen-bond acceptors (Lipinski definition) is 3. The van der Waals surface area contributed by atoms with Gasteiger partial charge in [-0.3, -0.25) is 9.89 Å². The number of anilines is 1. The first-order chi connectivity index (χ1) is 7.08. The molecule has 0 spiro atoms. The first-order valence-corrected chi connectivity index (χ1v) is 5.14. The molecular formula is C10H16N4O. The topological polar surface area (TPSA) is 75.0 Å². The van der Waals surface area contributed by atoms with Crippen molar-refractivity contribution in [2.45, 2.75) is 13.3 Å². The van der Waals surface area contributed by atoms with E-state index in [9.17, 15) is 4.79 Å². The summed E-state index contributed by atoms with van der Waals surface area (Å²) in [6.07, 6.45) is 1.22. The number of aromatic amines is 1. The third kappa shape index (κ3) is 2.11. The minimum atomic E-state index is -0.0432. The maximum absolute atomic E-state index is 11.8. The second-order valence-corrected chi connectivity index (χ2v) is 4.37. The lowest BCUT2D eigenvalue weighted by molar-refractivity contribution is 0.0781. The summed E-state index contributed by atoms with van der Waals surface area (Å²) in [5.41, 5.74) is 5.90. The highest BCUT2D eigenvalue weighted by Gasteiger charge is 2.34. The van der Waals surface area contributed by atoms with E-state index in [2.05, 4.69) is 17.1 Å². The number of nitrogens with two attached hydrogens (primary N) is 1. The van der Waals surface area contributed by atoms with Gasteiger partial charge in [0.25, 0.3) is 5.91 Å². The van der Waals surface area contributed by atoms with Crippen molar-refractivity contribution in [3.05, 3.63) is 11.8 Å². The van der Waals surface area contributed by atoms with Gasteiger partial charge in [-0.05, 0) is 18.3 Å². The molecular weight excluding hydrogens is 192 g/mol. The molecule has 0 aromatic carbocycles. The van der Waals surface area contributed by atoms with Crippen molar-refractivity contribution in [3.8, 4) is 0 Å². The number of nitrogens with zero attached hydrogens (tertiary/aromatic N) is 2. The summed E-state index contributed by atoms with van der Waals surface area (Å²) in [7, 11) is 1.81. The van der Waals surface area contributed by atoms with Gasteiger partial charge in [0.2, 0.25) is 0 Å². The summed E-state index contributed by atoms with van der Waals surface area (Å²) < 4.78 is 0. The molecule has 2 atom stereocenters. The van der Waals surface area contributed by atoms with Crippen LogP contribution >= 0.6 is 0 Å². The van der Waals surface area contributed by atoms with Crippen LogP contribution in [-0.4, -0.2) is 34.6 Å². The van der Waals surface area contributed by atoms with E-state index in [1.807, 2.05) is 7.05 Å². The highest BCUT2D eigenvalue weighted by Crippen LogP contribution is 2.38. The molecule has 0 radical (unpaired) electrons. The van der Waals surface area contributed by atoms with Gasteiger partial charge in [-0.25, -0.2) is 0 Å². The van der Waals surface area contributed by atoms with Gasteiger partial charge in [-0.2, -0.15) is 5.10 Å². The molecule has 5 heteroatoms. The van der Waals surface area contributed by atoms with Gasteiger partial charge < -0.3 is 10.6 Å². The largest absolute Gasteiger partial charge is 0.382 e. The molecule has 1 heterocycles. The number of H-pyrrole nitrogens is 1. The first-order valence-electron chi connectivity index (χ1n) is 5.14. The number of nitrogen functional groups attached to an aromatic ring is 1. The summed E-state index contributed by atoms with van der Waals surface area (Å²) >= 11 is 0. The predicted octanol–water partition coefficient (Wildman–Crippen LogP) is 0.720. The molecule has 0 aliphatic heterocycles. The van der Waals surface area contributed by atoms with E-state index >= 15 is 0 Å². The Morgan fingerprint density at radius 1 is 1.80 bits per heavy atom. The Balaban J connectivity index is 1.95. The summed E-state index contributed by atoms with van der Waals surface area (Å²) in [5, 5.41) is 6.36. The molecule has 3 N–H and O–H groups in total. The van der Waals surface area contributed by atoms with E-state index in [1.165, 1.54) is 6.42 Å². The van der Waals surface area contributed by atoms with Gasteiger partial charge in [0.15, 0.2) is 0 Å². The Morgan fingerprint density at radius 2 is 2.47 bits per heavy atom. The fourth-order valence-electron chi connectivity index (χ4n) is 1.74. The Morgan fingerprint density at radius 3 is 2.93 bits per heavy atom. The molecule has 1 saturated carbocycles. The van der Waals surface area contributed by atoms with E-state index in [4.69, 9.17) is 5.73 Å². The third-order valence-corrected chi connectivity index (χ3v) is 2.96. The predicted molar refractivity (Wildman–Crippen MR) is 57.2 cm³/mol. The summed E-state index contributed by atoms with van der Waals surface area (Å²) in [6.45, 7) is 3.02. The van der Waals surface area contributed by atoms with Crippen LogP contribution in [0.1, 0.15) is 23.8 Å². The lowest BCUT2D eigenvalue weighted by Gasteiger charge is -2.15. The quantitative estimate of drug-likeness (QED) is 0.768. The van der Waals surface area contributed by atoms with E-state index in [-0.39, 0.29) is 5.91 Å². The fourth-order valence-corrected chi connectivity index (χ4v) is 1.74. The summed E-state index contributed by atoms with van der Waals surface area (Å²) in [5.74, 6) is 1.73. The normalized spacial score (nSPS) is 23.9. The molecule has 1 amide bonds. The van der Waals surface area contributed by atoms with E-state index < -0.39 is 0 Å². The Bertz CT molecular complexity index is 373. The highest BCUT2D eigenvalue weighted by molar-refractivity contribution is 5.92. The van der Waals surface area contributed by atoms with Crippen molar-refractivity contribution >= 4 is 11.7 Å². The number of amides is 1. The van der Waals surface area contributed by atoms with Crippen molar-refractivity contribution in [3.63, 3.8) is 0 Å². The van der Waals surface area contributed by atoms with E-state index in [0.717, 1.165) is 12.5 Å². The number of hydrogen-bond donors (Lipinski definition) is 2. The molecule has 0 bridgehead atoms. The van der Waals surface area contributed by atoms with E-state index in [0.29, 0.717) is 17.4 Å². The van der Waals surface area contributed by atoms with Gasteiger partial charge in [0.1, 0.15) is 11.5 Å². The molecule has 1 aromatic heterocycles. The molecule has 2 rings (SSSR count). The average molecular weight is 208 g/mol. The zero-order chi connectivity index (χ0) is 11.0. The van der Waals surface area contributed by atoms with Crippen LogP contribution in [0.2, 0.25) is 0 Å². The zero-order valence-electron chi connectivity index (χ0n) is 9.03. The first kappa shape index (κ1) is 10.0. The van der Waals surface area contributed by atoms with E-state index in [1.54, 1.807) is 11.0 Å². The lowest BCUT2D eigenvalue weighted by Crippen LogP contribution is -2.29. The SMILES string of the molecule is CC1CC1CN(C)C(=O)c1cc(N)n[nH]1. The van der Waals surface area contributed by atoms with Crippen LogP contribution in [-0.2, 0) is 0 Å². The van der Waals surface area contributed by atoms with Crippen molar-refractivity contribution in [1.29, 1.82) is 0 Å². The third-order valence-electron chi connectivity index (χ3n) is 2.96. The van der Waals surface area contributed by atoms with Gasteiger partial charge in [-0.15, -0.1) is 0 Å². The summed E-state index contributed by atoms with van der Waals surface area (Å²) in [4.78, 5) is 13.6. The Labute approximate surface area is 88.6 Å². The molecule has 1 aliphatic carbocycles. The van der Waals surface area contributed by atoms with Crippen LogP contribution in [0.15, 0.2) is 6.07 Å². The molecule has 1 aliphatic rings. The fraction of sp³-hybridized carbons (Fsp3) is 0.600. The van der Waals surface area contributed by atoms with Crippen molar-refractivity contribution in [1.82, 2.24) is 15.1 Å². The number of rotatable bonds is 3. The van der Waals surface area contributed by atoms with Gasteiger partial charge in [0.05, 0.1) is 0 Å². The maximum atomic E-state index is 11.8. The summed E-state index contributed by atoms with van der Waals surface area (Å²) in [6, 6.07) is 1.56. The van der Waals surface area contributed by atoms with Crippen LogP contribution in [0.25, 0.3) is 0 Å². The zero-order valence-corrected chi connectivity index (χ0v) is 9.03. The van der Waals surface area contributed by atoms with Crippen LogP contribution < -0.4 is 5.73 Å². The van der Waals surface area contributed by atoms with Crippen LogP contribution in [0.3, 0.4) is 0 Å². The molecule has 5 nitrogen and oxygen atoms in total. The number of nitrogens with one attached hydrogen (secondary N) is 1. The molecule has 82 valence electrons. The number of aromatic nitrogens is 2. The molecule has 1 aromatic rings. The smallest absolute Gasteiger partial charge is 0.271 e. The second-order valence-electron chi connectivity index (χ2n) is 4.37. The minimum Gasteiger partial charge on any atom is -0.382 e. The molecule has 1 fully saturated rings. The van der Waals surface area contributed by atoms with Gasteiger partial charge in [-0.1, -0.05) is 6.92 Å². The standard InChI is InChI=1S/C10H16N4O/c1-6-3-7(6)5-14(2)10(15)8-4-9(11)13-12-8/h4,6-7H,3,5H2,1-2H3,(H3,11,12,13). The van der Waals surface area contributed by atoms with Crippen molar-refractivity contribution in [2.24, 2.45) is 11.8 Å². The van der Waals surface area contributed by atoms with Crippen LogP contribution in [0, 0.1) is 11.8 Å². The minimum absolute atomic E-state index is 0.0432. The highest BCUT2D eigenvalue weighted by atomic mass is 16.2. The number of carbonyl (C=O) groups is 1. The van der Waals surface area contributed by atoms with Crippen molar-refractivity contribution in [2.75, 3.05) is 19.3 Å². The Hall–Kier alpha value is -1.52. The average Bonchev–Trinajstić information content (AvgIpc) is 2.71. The molecule has 15 heavy (non-hydrogen) atoms. The lowest BCUT2D eigenvalue weighted by atomic mass is 10.3. The van der Waals surface area contributed by atoms with Crippen LogP contribution in [0.5, 0.6) is 0 Å². The van der Waals surface area contributed by atoms with Crippen molar-refractivity contribution < 1.29 is 4.79 Å². The maximum Gasteiger partial charge on any atom is 0.271 e. The monoisotopic (exact) mass is 208 g/mol.